The van der Waals surface area contributed by atoms with Crippen molar-refractivity contribution in [2.45, 2.75) is 70.2 Å². The summed E-state index contributed by atoms with van der Waals surface area (Å²) in [4.78, 5) is 97.4. The summed E-state index contributed by atoms with van der Waals surface area (Å²) in [7, 11) is -16.4. The Hall–Kier alpha value is -2.77. The summed E-state index contributed by atoms with van der Waals surface area (Å²) in [6, 6.07) is 0. The van der Waals surface area contributed by atoms with E-state index < -0.39 is 84.6 Å². The van der Waals surface area contributed by atoms with Crippen LogP contribution in [0.4, 0.5) is 5.82 Å². The number of amides is 2. The van der Waals surface area contributed by atoms with Gasteiger partial charge in [-0.3, -0.25) is 32.5 Å². The second kappa shape index (κ2) is 20.1. The Labute approximate surface area is 316 Å². The minimum Gasteiger partial charge on any atom is -0.386 e. The Balaban J connectivity index is 1.49. The molecule has 3 rings (SSSR count). The number of rotatable bonds is 23. The van der Waals surface area contributed by atoms with Gasteiger partial charge in [-0.2, -0.15) is 4.31 Å². The number of aliphatic hydroxyl groups excluding tert-OH is 2. The van der Waals surface area contributed by atoms with Crippen molar-refractivity contribution in [3.05, 3.63) is 12.7 Å². The molecule has 2 unspecified atom stereocenters. The number of phosphoric ester groups is 3. The molecule has 1 saturated heterocycles. The number of nitrogens with one attached hydrogen (secondary N) is 2. The van der Waals surface area contributed by atoms with E-state index in [0.717, 1.165) is 35.3 Å². The summed E-state index contributed by atoms with van der Waals surface area (Å²) in [6.45, 7) is 0.390. The molecule has 0 aromatic carbocycles. The van der Waals surface area contributed by atoms with Crippen LogP contribution in [0.15, 0.2) is 12.7 Å². The number of imidazole rings is 1. The lowest BCUT2D eigenvalue weighted by Gasteiger charge is -2.30. The van der Waals surface area contributed by atoms with E-state index in [4.69, 9.17) is 19.5 Å². The van der Waals surface area contributed by atoms with Gasteiger partial charge in [0, 0.05) is 43.5 Å². The van der Waals surface area contributed by atoms with Crippen LogP contribution in [0.2, 0.25) is 0 Å². The van der Waals surface area contributed by atoms with Crippen molar-refractivity contribution in [2.24, 2.45) is 5.41 Å². The third-order valence-electron chi connectivity index (χ3n) is 7.47. The average molecular weight is 866 g/mol. The van der Waals surface area contributed by atoms with E-state index in [1.54, 1.807) is 0 Å². The molecule has 10 N–H and O–H groups in total. The van der Waals surface area contributed by atoms with E-state index in [2.05, 4.69) is 34.4 Å². The number of aldehydes is 1. The van der Waals surface area contributed by atoms with E-state index in [1.807, 2.05) is 0 Å². The number of nitrogens with two attached hydrogens (primary N) is 1. The molecule has 25 nitrogen and oxygen atoms in total. The maximum absolute atomic E-state index is 12.7. The van der Waals surface area contributed by atoms with E-state index in [0.29, 0.717) is 12.2 Å². The minimum absolute atomic E-state index is 0.0255. The number of carbonyl (C=O) groups is 4. The van der Waals surface area contributed by atoms with Crippen LogP contribution < -0.4 is 16.4 Å². The molecule has 0 saturated carbocycles. The van der Waals surface area contributed by atoms with E-state index >= 15 is 0 Å². The van der Waals surface area contributed by atoms with Gasteiger partial charge in [-0.25, -0.2) is 28.6 Å². The zero-order chi connectivity index (χ0) is 41.2. The maximum Gasteiger partial charge on any atom is 0.481 e. The summed E-state index contributed by atoms with van der Waals surface area (Å²) < 4.78 is 62.0. The fourth-order valence-corrected chi connectivity index (χ4v) is 8.25. The van der Waals surface area contributed by atoms with Gasteiger partial charge in [-0.05, 0) is 6.42 Å². The van der Waals surface area contributed by atoms with Crippen LogP contribution in [0, 0.1) is 5.41 Å². The van der Waals surface area contributed by atoms with Crippen molar-refractivity contribution in [2.75, 3.05) is 37.8 Å². The first-order valence-electron chi connectivity index (χ1n) is 16.0. The van der Waals surface area contributed by atoms with Crippen molar-refractivity contribution in [1.82, 2.24) is 30.2 Å². The number of anilines is 1. The average Bonchev–Trinajstić information content (AvgIpc) is 3.64. The van der Waals surface area contributed by atoms with Gasteiger partial charge >= 0.3 is 23.5 Å². The highest BCUT2D eigenvalue weighted by molar-refractivity contribution is 8.13. The highest BCUT2D eigenvalue weighted by atomic mass is 32.2. The number of thioether (sulfide) groups is 1. The zero-order valence-corrected chi connectivity index (χ0v) is 32.7. The number of phosphoric acid groups is 3. The molecule has 29 heteroatoms. The summed E-state index contributed by atoms with van der Waals surface area (Å²) in [5.74, 6) is -1.21. The lowest BCUT2D eigenvalue weighted by Crippen LogP contribution is -2.46. The number of carbonyl (C=O) groups excluding carboxylic acids is 4. The van der Waals surface area contributed by atoms with Crippen LogP contribution in [0.25, 0.3) is 11.2 Å². The summed E-state index contributed by atoms with van der Waals surface area (Å²) in [5, 5.41) is 26.1. The fraction of sp³-hybridized carbons (Fsp3) is 0.654. The van der Waals surface area contributed by atoms with Gasteiger partial charge in [0.2, 0.25) is 11.8 Å². The highest BCUT2D eigenvalue weighted by Gasteiger charge is 2.50. The number of hydrogen-bond acceptors (Lipinski definition) is 19. The molecule has 2 aromatic rings. The molecule has 1 fully saturated rings. The van der Waals surface area contributed by atoms with Crippen molar-refractivity contribution >= 4 is 75.4 Å². The molecule has 2 amide bonds. The Morgan fingerprint density at radius 1 is 1.07 bits per heavy atom. The van der Waals surface area contributed by atoms with Crippen LogP contribution in [0.1, 0.15) is 45.8 Å². The standard InChI is InChI=1S/C26H42N7O18P3S/c1-26(2,21(38)24(39)29-7-6-16(35)28-8-10-55-17(36)5-3-4-9-34)12-48-54(45,46)51-53(43,44)47-11-15-20(50-52(40,41)42)19(37)25(49-15)33-14-32-18-22(27)30-13-31-23(18)33/h9,13-15,19-21,25,37-38H,3-8,10-12H2,1-2H3,(H,28,35)(H,29,39)(H,43,44)(H,45,46)(H2,27,30,31)(H2,40,41,42)/t15-,19-,20-,21+,25-/m1/s1. The first-order chi connectivity index (χ1) is 25.6. The third kappa shape index (κ3) is 14.6. The number of unbranched alkanes of at least 4 members (excludes halogenated alkanes) is 1. The van der Waals surface area contributed by atoms with E-state index in [1.165, 1.54) is 13.8 Å². The van der Waals surface area contributed by atoms with Crippen LogP contribution in [-0.2, 0) is 55.5 Å². The SMILES string of the molecule is CC(C)(COP(=O)(O)OP(=O)(O)OC[C@H]1O[C@@H](n2cnc3c(N)ncnc32)[C@H](O)[C@@H]1OP(=O)(O)O)[C@@H](O)C(=O)NCCC(=O)NCCSC(=O)CCCC=O. The van der Waals surface area contributed by atoms with Gasteiger partial charge < -0.3 is 55.7 Å². The quantitative estimate of drug-likeness (QED) is 0.0369. The number of aromatic nitrogens is 4. The van der Waals surface area contributed by atoms with Crippen molar-refractivity contribution in [3.63, 3.8) is 0 Å². The molecule has 0 spiro atoms. The zero-order valence-electron chi connectivity index (χ0n) is 29.2. The van der Waals surface area contributed by atoms with Gasteiger partial charge in [-0.1, -0.05) is 25.6 Å². The van der Waals surface area contributed by atoms with E-state index in [-0.39, 0.29) is 54.4 Å². The molecule has 0 bridgehead atoms. The largest absolute Gasteiger partial charge is 0.481 e. The predicted molar refractivity (Wildman–Crippen MR) is 187 cm³/mol. The Morgan fingerprint density at radius 2 is 1.76 bits per heavy atom. The number of ether oxygens (including phenoxy) is 1. The molecule has 1 aliphatic heterocycles. The van der Waals surface area contributed by atoms with Gasteiger partial charge in [0.05, 0.1) is 19.5 Å². The van der Waals surface area contributed by atoms with Crippen LogP contribution in [0.3, 0.4) is 0 Å². The van der Waals surface area contributed by atoms with Crippen molar-refractivity contribution in [3.8, 4) is 0 Å². The first kappa shape index (κ1) is 46.6. The Kier molecular flexibility index (Phi) is 17.0. The Bertz CT molecular complexity index is 1810. The molecular formula is C26H42N7O18P3S. The van der Waals surface area contributed by atoms with Crippen molar-refractivity contribution < 1.29 is 85.3 Å². The lowest BCUT2D eigenvalue weighted by molar-refractivity contribution is -0.137. The molecule has 3 heterocycles. The molecule has 7 atom stereocenters. The summed E-state index contributed by atoms with van der Waals surface area (Å²) in [6.07, 6.45) is -5.30. The number of nitrogens with zero attached hydrogens (tertiary/aromatic N) is 4. The molecule has 0 radical (unpaired) electrons. The van der Waals surface area contributed by atoms with Gasteiger partial charge in [0.15, 0.2) is 22.8 Å². The third-order valence-corrected chi connectivity index (χ3v) is 11.5. The molecular weight excluding hydrogens is 823 g/mol. The number of aliphatic hydroxyl groups is 2. The Morgan fingerprint density at radius 3 is 2.44 bits per heavy atom. The normalized spacial score (nSPS) is 21.7. The minimum atomic E-state index is -5.57. The van der Waals surface area contributed by atoms with Gasteiger partial charge in [0.1, 0.15) is 42.5 Å². The van der Waals surface area contributed by atoms with Crippen molar-refractivity contribution in [1.29, 1.82) is 0 Å². The highest BCUT2D eigenvalue weighted by Crippen LogP contribution is 2.61. The second-order valence-corrected chi connectivity index (χ2v) is 17.7. The van der Waals surface area contributed by atoms with Gasteiger partial charge in [0.25, 0.3) is 0 Å². The predicted octanol–water partition coefficient (Wildman–Crippen LogP) is -0.966. The summed E-state index contributed by atoms with van der Waals surface area (Å²) in [5.41, 5.74) is 4.23. The van der Waals surface area contributed by atoms with Crippen LogP contribution in [0.5, 0.6) is 0 Å². The number of nitrogen functional groups attached to an aromatic ring is 1. The molecule has 310 valence electrons. The number of fused-ring (bicyclic) bond motifs is 1. The van der Waals surface area contributed by atoms with Crippen LogP contribution >= 0.6 is 35.2 Å². The summed E-state index contributed by atoms with van der Waals surface area (Å²) >= 11 is 1.00. The van der Waals surface area contributed by atoms with E-state index in [9.17, 15) is 62.7 Å². The maximum atomic E-state index is 12.7. The molecule has 55 heavy (non-hydrogen) atoms. The monoisotopic (exact) mass is 865 g/mol. The van der Waals surface area contributed by atoms with Gasteiger partial charge in [-0.15, -0.1) is 0 Å². The number of hydrogen-bond donors (Lipinski definition) is 9. The molecule has 1 aliphatic rings. The smallest absolute Gasteiger partial charge is 0.386 e. The second-order valence-electron chi connectivity index (χ2n) is 12.3. The fourth-order valence-electron chi connectivity index (χ4n) is 4.70. The van der Waals surface area contributed by atoms with Crippen LogP contribution in [-0.4, -0.2) is 129 Å². The molecule has 2 aromatic heterocycles. The lowest BCUT2D eigenvalue weighted by atomic mass is 9.87. The topological polar surface area (TPSA) is 381 Å². The molecule has 0 aliphatic carbocycles. The first-order valence-corrected chi connectivity index (χ1v) is 21.5.